The molecule has 1 spiro atoms. The second-order valence-electron chi connectivity index (χ2n) is 15.2. The van der Waals surface area contributed by atoms with Crippen molar-refractivity contribution in [2.75, 3.05) is 32.8 Å². The molecule has 4 bridgehead atoms. The van der Waals surface area contributed by atoms with Crippen LogP contribution >= 0.6 is 11.8 Å². The number of nitrogens with one attached hydrogen (secondary N) is 2. The molecule has 1 aromatic heterocycles. The van der Waals surface area contributed by atoms with Crippen LogP contribution in [0.15, 0.2) is 34.7 Å². The largest absolute Gasteiger partial charge is 0.504 e. The molecule has 7 aliphatic rings. The molecule has 2 fully saturated rings. The van der Waals surface area contributed by atoms with Crippen molar-refractivity contribution in [3.63, 3.8) is 0 Å². The summed E-state index contributed by atoms with van der Waals surface area (Å²) in [5.41, 5.74) is 4.64. The summed E-state index contributed by atoms with van der Waals surface area (Å²) in [6.45, 7) is 7.44. The highest BCUT2D eigenvalue weighted by atomic mass is 32.2. The number of carbonyl (C=O) groups excluding carboxylic acids is 2. The van der Waals surface area contributed by atoms with E-state index in [0.29, 0.717) is 69.6 Å². The molecule has 8 heterocycles. The van der Waals surface area contributed by atoms with Crippen LogP contribution in [0.3, 0.4) is 0 Å². The molecule has 8 atom stereocenters. The Kier molecular flexibility index (Phi) is 7.58. The molecule has 14 heteroatoms. The van der Waals surface area contributed by atoms with Gasteiger partial charge in [0, 0.05) is 64.4 Å². The third-order valence-corrected chi connectivity index (χ3v) is 13.9. The van der Waals surface area contributed by atoms with Gasteiger partial charge in [-0.3, -0.25) is 15.0 Å². The molecule has 4 aromatic rings. The zero-order valence-electron chi connectivity index (χ0n) is 30.5. The van der Waals surface area contributed by atoms with Crippen molar-refractivity contribution in [1.82, 2.24) is 15.5 Å². The number of aromatic hydroxyl groups is 1. The zero-order chi connectivity index (χ0) is 37.4. The van der Waals surface area contributed by atoms with E-state index in [-0.39, 0.29) is 30.8 Å². The molecule has 0 saturated carbocycles. The number of aliphatic hydroxyl groups is 1. The first-order valence-corrected chi connectivity index (χ1v) is 19.4. The lowest BCUT2D eigenvalue weighted by molar-refractivity contribution is -0.166. The minimum Gasteiger partial charge on any atom is -0.504 e. The van der Waals surface area contributed by atoms with Gasteiger partial charge in [-0.25, -0.2) is 4.79 Å². The van der Waals surface area contributed by atoms with Crippen LogP contribution in [0, 0.1) is 13.8 Å². The number of carbonyl (C=O) groups is 2. The van der Waals surface area contributed by atoms with Gasteiger partial charge in [-0.1, -0.05) is 31.2 Å². The van der Waals surface area contributed by atoms with Crippen LogP contribution in [0.1, 0.15) is 81.8 Å². The summed E-state index contributed by atoms with van der Waals surface area (Å²) in [6, 6.07) is 7.52. The topological polar surface area (TPSA) is 161 Å². The van der Waals surface area contributed by atoms with Gasteiger partial charge in [0.2, 0.25) is 6.79 Å². The average Bonchev–Trinajstić information content (AvgIpc) is 3.80. The first kappa shape index (κ1) is 34.1. The lowest BCUT2D eigenvalue weighted by atomic mass is 9.71. The molecule has 1 unspecified atom stereocenters. The Morgan fingerprint density at radius 3 is 2.69 bits per heavy atom. The number of esters is 2. The molecule has 3 aromatic carbocycles. The SMILES string of the molecule is COc1c(C)cc2c(c1O)[C@H]1N[C@@H](C2C)[C@H](O)N2[C@H]1[C@@H]1SC[C@]3(NCCc4c3oc3ccccc43)C(=O)OC[C@H]2c2c3c(c(C)c(OC(C)=O)c21)OCO3. The molecule has 2 saturated heterocycles. The van der Waals surface area contributed by atoms with Crippen molar-refractivity contribution in [3.05, 3.63) is 75.0 Å². The van der Waals surface area contributed by atoms with Crippen LogP contribution in [0.25, 0.3) is 11.0 Å². The average molecular weight is 756 g/mol. The van der Waals surface area contributed by atoms with Gasteiger partial charge in [0.05, 0.1) is 30.5 Å². The first-order chi connectivity index (χ1) is 26.1. The molecule has 0 radical (unpaired) electrons. The summed E-state index contributed by atoms with van der Waals surface area (Å²) in [6.07, 6.45) is -0.385. The minimum absolute atomic E-state index is 0.0377. The number of ether oxygens (including phenoxy) is 5. The summed E-state index contributed by atoms with van der Waals surface area (Å²) in [4.78, 5) is 29.6. The quantitative estimate of drug-likeness (QED) is 0.165. The fourth-order valence-corrected chi connectivity index (χ4v) is 11.8. The van der Waals surface area contributed by atoms with Crippen LogP contribution in [-0.4, -0.2) is 78.2 Å². The van der Waals surface area contributed by atoms with Gasteiger partial charge in [-0.2, -0.15) is 0 Å². The van der Waals surface area contributed by atoms with Crippen molar-refractivity contribution in [1.29, 1.82) is 0 Å². The highest BCUT2D eigenvalue weighted by molar-refractivity contribution is 7.99. The predicted molar refractivity (Wildman–Crippen MR) is 196 cm³/mol. The molecule has 4 N–H and O–H groups in total. The fourth-order valence-electron chi connectivity index (χ4n) is 10.2. The molecule has 7 aliphatic heterocycles. The van der Waals surface area contributed by atoms with Gasteiger partial charge in [-0.15, -0.1) is 11.8 Å². The van der Waals surface area contributed by atoms with Gasteiger partial charge < -0.3 is 43.6 Å². The van der Waals surface area contributed by atoms with E-state index in [9.17, 15) is 19.8 Å². The van der Waals surface area contributed by atoms with Crippen molar-refractivity contribution < 1.29 is 47.9 Å². The molecular formula is C40H41N3O10S. The number of hydrogen-bond acceptors (Lipinski definition) is 14. The number of benzene rings is 3. The summed E-state index contributed by atoms with van der Waals surface area (Å²) in [5.74, 6) is 1.17. The van der Waals surface area contributed by atoms with Crippen molar-refractivity contribution in [2.45, 2.75) is 81.2 Å². The third kappa shape index (κ3) is 4.42. The first-order valence-electron chi connectivity index (χ1n) is 18.4. The standard InChI is InChI=1S/C40H41N3O10S/c1-16-12-22-17(2)28-38(46)43-23-13-49-39(47)40(37-21(10-11-41-40)20-8-6-7-9-24(20)53-37)14-54-36(30(43)29(42-28)25(22)31(45)32(16)48-5)27-26(23)35-34(50-15-51-35)18(3)33(27)52-19(4)44/h6-9,12,17,23,28-30,36,38,41-42,45-46H,10-11,13-15H2,1-5H3/t17?,23-,28-,29+,30+,36+,38-,40+/m0/s1. The van der Waals surface area contributed by atoms with Gasteiger partial charge in [0.15, 0.2) is 28.5 Å². The Morgan fingerprint density at radius 2 is 1.89 bits per heavy atom. The highest BCUT2D eigenvalue weighted by Crippen LogP contribution is 2.64. The summed E-state index contributed by atoms with van der Waals surface area (Å²) < 4.78 is 37.0. The van der Waals surface area contributed by atoms with Crippen molar-refractivity contribution in [3.8, 4) is 28.7 Å². The molecule has 0 amide bonds. The number of nitrogens with zero attached hydrogens (tertiary/aromatic N) is 1. The number of fused-ring (bicyclic) bond motifs is 11. The van der Waals surface area contributed by atoms with Gasteiger partial charge in [-0.05, 0) is 37.5 Å². The Balaban J connectivity index is 1.24. The number of aliphatic hydroxyl groups excluding tert-OH is 1. The monoisotopic (exact) mass is 755 g/mol. The van der Waals surface area contributed by atoms with Crippen LogP contribution < -0.4 is 29.6 Å². The number of phenolic OH excluding ortho intramolecular Hbond substituents is 1. The molecule has 0 aliphatic carbocycles. The number of piperazine rings is 1. The van der Waals surface area contributed by atoms with Crippen molar-refractivity contribution in [2.24, 2.45) is 0 Å². The van der Waals surface area contributed by atoms with Crippen LogP contribution in [-0.2, 0) is 26.3 Å². The van der Waals surface area contributed by atoms with Crippen molar-refractivity contribution >= 4 is 34.7 Å². The third-order valence-electron chi connectivity index (χ3n) is 12.4. The number of hydrogen-bond donors (Lipinski definition) is 4. The Labute approximate surface area is 315 Å². The van der Waals surface area contributed by atoms with Gasteiger partial charge >= 0.3 is 11.9 Å². The molecule has 13 nitrogen and oxygen atoms in total. The molecule has 11 rings (SSSR count). The van der Waals surface area contributed by atoms with E-state index in [1.807, 2.05) is 56.0 Å². The molecular weight excluding hydrogens is 715 g/mol. The normalized spacial score (nSPS) is 30.6. The lowest BCUT2D eigenvalue weighted by Gasteiger charge is -2.60. The number of furan rings is 1. The van der Waals surface area contributed by atoms with E-state index in [1.165, 1.54) is 18.7 Å². The minimum atomic E-state index is -1.35. The fraction of sp³-hybridized carbons (Fsp3) is 0.450. The number of rotatable bonds is 2. The zero-order valence-corrected chi connectivity index (χ0v) is 31.3. The number of para-hydroxylation sites is 1. The van der Waals surface area contributed by atoms with E-state index >= 15 is 0 Å². The Hall–Kier alpha value is -4.47. The number of aryl methyl sites for hydroxylation is 1. The molecule has 282 valence electrons. The maximum Gasteiger partial charge on any atom is 0.335 e. The Morgan fingerprint density at radius 1 is 1.09 bits per heavy atom. The molecule has 54 heavy (non-hydrogen) atoms. The predicted octanol–water partition coefficient (Wildman–Crippen LogP) is 4.66. The second-order valence-corrected chi connectivity index (χ2v) is 16.3. The maximum absolute atomic E-state index is 14.7. The van der Waals surface area contributed by atoms with E-state index in [0.717, 1.165) is 22.1 Å². The van der Waals surface area contributed by atoms with E-state index in [2.05, 4.69) is 10.6 Å². The smallest absolute Gasteiger partial charge is 0.335 e. The summed E-state index contributed by atoms with van der Waals surface area (Å²) >= 11 is 1.49. The lowest BCUT2D eigenvalue weighted by Crippen LogP contribution is -2.70. The van der Waals surface area contributed by atoms with Gasteiger partial charge in [0.1, 0.15) is 29.9 Å². The second kappa shape index (κ2) is 12.0. The highest BCUT2D eigenvalue weighted by Gasteiger charge is 2.61. The number of methoxy groups -OCH3 is 1. The Bertz CT molecular complexity index is 2290. The number of thioether (sulfide) groups is 1. The summed E-state index contributed by atoms with van der Waals surface area (Å²) in [7, 11) is 1.54. The van der Waals surface area contributed by atoms with E-state index in [4.69, 9.17) is 28.1 Å². The number of phenols is 1. The summed E-state index contributed by atoms with van der Waals surface area (Å²) in [5, 5.41) is 32.2. The van der Waals surface area contributed by atoms with Gasteiger partial charge in [0.25, 0.3) is 0 Å². The van der Waals surface area contributed by atoms with Crippen LogP contribution in [0.4, 0.5) is 0 Å². The van der Waals surface area contributed by atoms with E-state index < -0.39 is 53.1 Å². The van der Waals surface area contributed by atoms with Crippen LogP contribution in [0.2, 0.25) is 0 Å². The maximum atomic E-state index is 14.7. The van der Waals surface area contributed by atoms with E-state index in [1.54, 1.807) is 7.11 Å². The van der Waals surface area contributed by atoms with Crippen LogP contribution in [0.5, 0.6) is 28.7 Å².